The number of amides is 1. The summed E-state index contributed by atoms with van der Waals surface area (Å²) in [6.45, 7) is 0.489. The molecule has 0 saturated heterocycles. The average Bonchev–Trinajstić information content (AvgIpc) is 3.07. The van der Waals surface area contributed by atoms with Crippen LogP contribution in [0.25, 0.3) is 0 Å². The van der Waals surface area contributed by atoms with Gasteiger partial charge in [0.15, 0.2) is 0 Å². The van der Waals surface area contributed by atoms with E-state index in [1.54, 1.807) is 4.90 Å². The molecule has 0 spiro atoms. The average molecular weight is 426 g/mol. The van der Waals surface area contributed by atoms with E-state index in [9.17, 15) is 26.4 Å². The van der Waals surface area contributed by atoms with Crippen molar-refractivity contribution in [1.82, 2.24) is 0 Å². The molecule has 0 atom stereocenters. The highest BCUT2D eigenvalue weighted by Crippen LogP contribution is 2.32. The third-order valence-electron chi connectivity index (χ3n) is 4.80. The van der Waals surface area contributed by atoms with Gasteiger partial charge >= 0.3 is 6.18 Å². The molecule has 0 fully saturated rings. The molecular formula is C20H21F3N2O3S. The minimum absolute atomic E-state index is 0.0682. The van der Waals surface area contributed by atoms with Gasteiger partial charge in [-0.1, -0.05) is 24.3 Å². The minimum Gasteiger partial charge on any atom is -0.312 e. The number of carbonyl (C=O) groups excluding carboxylic acids is 1. The first-order valence-electron chi connectivity index (χ1n) is 9.10. The van der Waals surface area contributed by atoms with Crippen molar-refractivity contribution in [1.29, 1.82) is 0 Å². The van der Waals surface area contributed by atoms with Crippen LogP contribution in [0.1, 0.15) is 24.0 Å². The first-order chi connectivity index (χ1) is 13.6. The zero-order valence-electron chi connectivity index (χ0n) is 15.8. The number of halogens is 3. The molecule has 1 aliphatic rings. The predicted molar refractivity (Wildman–Crippen MR) is 105 cm³/mol. The molecule has 9 heteroatoms. The summed E-state index contributed by atoms with van der Waals surface area (Å²) >= 11 is 0. The van der Waals surface area contributed by atoms with Crippen molar-refractivity contribution in [2.24, 2.45) is 0 Å². The lowest BCUT2D eigenvalue weighted by Crippen LogP contribution is -2.33. The van der Waals surface area contributed by atoms with Crippen LogP contribution >= 0.6 is 0 Å². The summed E-state index contributed by atoms with van der Waals surface area (Å²) in [5.41, 5.74) is 0.951. The van der Waals surface area contributed by atoms with Gasteiger partial charge in [-0.15, -0.1) is 0 Å². The normalized spacial score (nSPS) is 14.0. The van der Waals surface area contributed by atoms with Crippen LogP contribution in [0.5, 0.6) is 0 Å². The Bertz CT molecular complexity index is 1010. The quantitative estimate of drug-likeness (QED) is 0.705. The van der Waals surface area contributed by atoms with Crippen molar-refractivity contribution in [3.63, 3.8) is 0 Å². The van der Waals surface area contributed by atoms with E-state index in [1.807, 2.05) is 24.3 Å². The number of alkyl halides is 3. The van der Waals surface area contributed by atoms with Crippen LogP contribution in [0.2, 0.25) is 0 Å². The molecule has 0 aliphatic carbocycles. The highest BCUT2D eigenvalue weighted by Gasteiger charge is 2.31. The second-order valence-corrected chi connectivity index (χ2v) is 8.82. The molecule has 0 saturated carbocycles. The molecule has 2 aromatic rings. The van der Waals surface area contributed by atoms with Gasteiger partial charge in [0.1, 0.15) is 0 Å². The second-order valence-electron chi connectivity index (χ2n) is 6.91. The van der Waals surface area contributed by atoms with Gasteiger partial charge in [-0.25, -0.2) is 8.42 Å². The smallest absolute Gasteiger partial charge is 0.312 e. The molecule has 0 aromatic heterocycles. The fraction of sp³-hybridized carbons (Fsp3) is 0.350. The fourth-order valence-corrected chi connectivity index (χ4v) is 4.39. The molecule has 29 heavy (non-hydrogen) atoms. The van der Waals surface area contributed by atoms with Crippen LogP contribution in [0.4, 0.5) is 24.5 Å². The SMILES string of the molecule is CS(=O)(=O)N(CCCC(=O)N1CCc2ccccc21)c1cccc(C(F)(F)F)c1. The Morgan fingerprint density at radius 3 is 2.55 bits per heavy atom. The summed E-state index contributed by atoms with van der Waals surface area (Å²) in [5, 5.41) is 0. The van der Waals surface area contributed by atoms with Crippen LogP contribution in [0.15, 0.2) is 48.5 Å². The van der Waals surface area contributed by atoms with Crippen LogP contribution in [-0.4, -0.2) is 33.7 Å². The lowest BCUT2D eigenvalue weighted by Gasteiger charge is -2.24. The minimum atomic E-state index is -4.57. The van der Waals surface area contributed by atoms with E-state index in [0.717, 1.165) is 40.4 Å². The van der Waals surface area contributed by atoms with Crippen LogP contribution in [-0.2, 0) is 27.4 Å². The maximum atomic E-state index is 13.0. The maximum Gasteiger partial charge on any atom is 0.416 e. The maximum absolute atomic E-state index is 13.0. The highest BCUT2D eigenvalue weighted by atomic mass is 32.2. The van der Waals surface area contributed by atoms with Gasteiger partial charge in [-0.3, -0.25) is 9.10 Å². The summed E-state index contributed by atoms with van der Waals surface area (Å²) in [4.78, 5) is 14.2. The van der Waals surface area contributed by atoms with Gasteiger partial charge in [0.05, 0.1) is 17.5 Å². The molecule has 0 unspecified atom stereocenters. The van der Waals surface area contributed by atoms with Crippen molar-refractivity contribution < 1.29 is 26.4 Å². The number of carbonyl (C=O) groups is 1. The number of fused-ring (bicyclic) bond motifs is 1. The van der Waals surface area contributed by atoms with E-state index < -0.39 is 21.8 Å². The van der Waals surface area contributed by atoms with E-state index in [2.05, 4.69) is 0 Å². The van der Waals surface area contributed by atoms with E-state index in [0.29, 0.717) is 6.54 Å². The monoisotopic (exact) mass is 426 g/mol. The summed E-state index contributed by atoms with van der Waals surface area (Å²) in [7, 11) is -3.80. The van der Waals surface area contributed by atoms with Gasteiger partial charge in [0.25, 0.3) is 0 Å². The Labute approximate surface area is 167 Å². The van der Waals surface area contributed by atoms with E-state index in [-0.39, 0.29) is 31.0 Å². The number of para-hydroxylation sites is 1. The molecule has 0 bridgehead atoms. The molecule has 1 amide bonds. The number of hydrogen-bond donors (Lipinski definition) is 0. The van der Waals surface area contributed by atoms with Crippen molar-refractivity contribution in [2.75, 3.05) is 28.6 Å². The third kappa shape index (κ3) is 4.90. The lowest BCUT2D eigenvalue weighted by molar-refractivity contribution is -0.137. The Balaban J connectivity index is 1.69. The van der Waals surface area contributed by atoms with Crippen molar-refractivity contribution in [3.05, 3.63) is 59.7 Å². The Kier molecular flexibility index (Phi) is 5.88. The highest BCUT2D eigenvalue weighted by molar-refractivity contribution is 7.92. The van der Waals surface area contributed by atoms with Gasteiger partial charge in [-0.05, 0) is 42.7 Å². The van der Waals surface area contributed by atoms with Gasteiger partial charge in [0.2, 0.25) is 15.9 Å². The number of nitrogens with zero attached hydrogens (tertiary/aromatic N) is 2. The summed E-state index contributed by atoms with van der Waals surface area (Å²) in [6, 6.07) is 11.8. The zero-order chi connectivity index (χ0) is 21.2. The number of anilines is 2. The molecule has 2 aromatic carbocycles. The Morgan fingerprint density at radius 1 is 1.14 bits per heavy atom. The molecular weight excluding hydrogens is 405 g/mol. The molecule has 0 radical (unpaired) electrons. The van der Waals surface area contributed by atoms with E-state index in [4.69, 9.17) is 0 Å². The largest absolute Gasteiger partial charge is 0.416 e. The number of sulfonamides is 1. The molecule has 1 aliphatic heterocycles. The first-order valence-corrected chi connectivity index (χ1v) is 11.0. The van der Waals surface area contributed by atoms with Gasteiger partial charge in [-0.2, -0.15) is 13.2 Å². The van der Waals surface area contributed by atoms with Crippen LogP contribution < -0.4 is 9.21 Å². The topological polar surface area (TPSA) is 57.7 Å². The van der Waals surface area contributed by atoms with Gasteiger partial charge < -0.3 is 4.90 Å². The molecule has 0 N–H and O–H groups in total. The molecule has 1 heterocycles. The number of hydrogen-bond acceptors (Lipinski definition) is 3. The first kappa shape index (κ1) is 21.2. The zero-order valence-corrected chi connectivity index (χ0v) is 16.6. The Hall–Kier alpha value is -2.55. The lowest BCUT2D eigenvalue weighted by atomic mass is 10.2. The summed E-state index contributed by atoms with van der Waals surface area (Å²) in [6.07, 6.45) is -2.58. The van der Waals surface area contributed by atoms with Crippen LogP contribution in [0.3, 0.4) is 0 Å². The van der Waals surface area contributed by atoms with Crippen LogP contribution in [0, 0.1) is 0 Å². The number of rotatable bonds is 6. The van der Waals surface area contributed by atoms with Crippen molar-refractivity contribution >= 4 is 27.3 Å². The summed E-state index contributed by atoms with van der Waals surface area (Å²) < 4.78 is 64.1. The number of benzene rings is 2. The van der Waals surface area contributed by atoms with E-state index >= 15 is 0 Å². The van der Waals surface area contributed by atoms with Crippen molar-refractivity contribution in [2.45, 2.75) is 25.4 Å². The Morgan fingerprint density at radius 2 is 1.86 bits per heavy atom. The van der Waals surface area contributed by atoms with E-state index in [1.165, 1.54) is 12.1 Å². The molecule has 156 valence electrons. The third-order valence-corrected chi connectivity index (χ3v) is 6.00. The standard InChI is InChI=1S/C20H21F3N2O3S/c1-29(27,28)25(17-8-4-7-16(14-17)20(21,22)23)12-5-10-19(26)24-13-11-15-6-2-3-9-18(15)24/h2-4,6-9,14H,5,10-13H2,1H3. The molecule has 3 rings (SSSR count). The molecule has 5 nitrogen and oxygen atoms in total. The summed E-state index contributed by atoms with van der Waals surface area (Å²) in [5.74, 6) is -0.132. The van der Waals surface area contributed by atoms with Crippen molar-refractivity contribution in [3.8, 4) is 0 Å². The van der Waals surface area contributed by atoms with Gasteiger partial charge in [0, 0.05) is 25.2 Å². The predicted octanol–water partition coefficient (Wildman–Crippen LogP) is 3.84. The second kappa shape index (κ2) is 8.06. The fourth-order valence-electron chi connectivity index (χ4n) is 3.43.